The Morgan fingerprint density at radius 3 is 2.33 bits per heavy atom. The van der Waals surface area contributed by atoms with Crippen molar-refractivity contribution < 1.29 is 26.4 Å². The fourth-order valence-corrected chi connectivity index (χ4v) is 5.61. The smallest absolute Gasteiger partial charge is 0.267 e. The van der Waals surface area contributed by atoms with E-state index in [1.165, 1.54) is 26.3 Å². The number of benzene rings is 2. The number of para-hydroxylation sites is 1. The lowest BCUT2D eigenvalue weighted by Gasteiger charge is -2.22. The first-order valence-electron chi connectivity index (χ1n) is 7.96. The van der Waals surface area contributed by atoms with Crippen LogP contribution in [0.4, 0.5) is 11.4 Å². The van der Waals surface area contributed by atoms with E-state index in [4.69, 9.17) is 4.74 Å². The molecule has 0 aliphatic carbocycles. The minimum absolute atomic E-state index is 0.0293. The maximum Gasteiger partial charge on any atom is 0.267 e. The van der Waals surface area contributed by atoms with Gasteiger partial charge in [0.2, 0.25) is 15.9 Å². The van der Waals surface area contributed by atoms with Crippen LogP contribution in [0.1, 0.15) is 6.42 Å². The molecule has 1 aliphatic heterocycles. The van der Waals surface area contributed by atoms with Gasteiger partial charge in [-0.1, -0.05) is 18.2 Å². The van der Waals surface area contributed by atoms with Gasteiger partial charge in [0.15, 0.2) is 0 Å². The molecule has 0 spiro atoms. The van der Waals surface area contributed by atoms with Gasteiger partial charge in [0, 0.05) is 13.5 Å². The summed E-state index contributed by atoms with van der Waals surface area (Å²) in [6, 6.07) is 12.2. The number of hydrogen-bond acceptors (Lipinski definition) is 6. The van der Waals surface area contributed by atoms with Crippen molar-refractivity contribution in [3.05, 3.63) is 48.5 Å². The Labute approximate surface area is 158 Å². The van der Waals surface area contributed by atoms with Crippen molar-refractivity contribution >= 4 is 37.3 Å². The topological polar surface area (TPSA) is 101 Å². The van der Waals surface area contributed by atoms with Crippen LogP contribution >= 0.6 is 0 Å². The predicted molar refractivity (Wildman–Crippen MR) is 101 cm³/mol. The van der Waals surface area contributed by atoms with Crippen LogP contribution in [0.2, 0.25) is 0 Å². The Bertz CT molecular complexity index is 1080. The number of rotatable bonds is 5. The van der Waals surface area contributed by atoms with E-state index in [1.807, 2.05) is 0 Å². The molecule has 0 aromatic heterocycles. The van der Waals surface area contributed by atoms with E-state index in [0.29, 0.717) is 9.99 Å². The van der Waals surface area contributed by atoms with E-state index < -0.39 is 26.0 Å². The summed E-state index contributed by atoms with van der Waals surface area (Å²) < 4.78 is 57.4. The molecular formula is C17H18N2O6S2. The molecule has 27 heavy (non-hydrogen) atoms. The van der Waals surface area contributed by atoms with Gasteiger partial charge in [-0.15, -0.1) is 0 Å². The number of ether oxygens (including phenoxy) is 1. The summed E-state index contributed by atoms with van der Waals surface area (Å²) in [5.74, 6) is -0.852. The minimum Gasteiger partial charge on any atom is -0.495 e. The molecule has 0 N–H and O–H groups in total. The van der Waals surface area contributed by atoms with Crippen molar-refractivity contribution in [2.75, 3.05) is 28.5 Å². The zero-order valence-electron chi connectivity index (χ0n) is 14.7. The second-order valence-electron chi connectivity index (χ2n) is 5.87. The molecule has 1 fully saturated rings. The molecule has 10 heteroatoms. The number of nitrogens with zero attached hydrogens (tertiary/aromatic N) is 2. The van der Waals surface area contributed by atoms with Crippen molar-refractivity contribution in [2.24, 2.45) is 0 Å². The van der Waals surface area contributed by atoms with Crippen LogP contribution in [0.3, 0.4) is 0 Å². The van der Waals surface area contributed by atoms with Gasteiger partial charge < -0.3 is 4.74 Å². The molecule has 1 aliphatic rings. The van der Waals surface area contributed by atoms with Crippen LogP contribution in [-0.2, 0) is 24.8 Å². The number of carbonyl (C=O) groups is 1. The van der Waals surface area contributed by atoms with Crippen LogP contribution < -0.4 is 13.3 Å². The second kappa shape index (κ2) is 6.86. The molecule has 0 unspecified atom stereocenters. The lowest BCUT2D eigenvalue weighted by molar-refractivity contribution is -0.116. The summed E-state index contributed by atoms with van der Waals surface area (Å²) in [5.41, 5.74) is 0.396. The molecule has 1 saturated heterocycles. The zero-order chi connectivity index (χ0) is 19.8. The highest BCUT2D eigenvalue weighted by molar-refractivity contribution is 7.94. The molecule has 0 atom stereocenters. The van der Waals surface area contributed by atoms with E-state index in [1.54, 1.807) is 30.3 Å². The zero-order valence-corrected chi connectivity index (χ0v) is 16.3. The van der Waals surface area contributed by atoms with Gasteiger partial charge in [0.05, 0.1) is 24.2 Å². The SMILES string of the molecule is COc1ccc(N2C(=O)CCS2(=O)=O)cc1S(=O)(=O)N(C)c1ccccc1. The van der Waals surface area contributed by atoms with Crippen LogP contribution in [0, 0.1) is 0 Å². The number of hydrogen-bond donors (Lipinski definition) is 0. The van der Waals surface area contributed by atoms with Crippen molar-refractivity contribution in [1.29, 1.82) is 0 Å². The molecule has 3 rings (SSSR count). The summed E-state index contributed by atoms with van der Waals surface area (Å²) in [5, 5.41) is 0. The third-order valence-electron chi connectivity index (χ3n) is 4.22. The Balaban J connectivity index is 2.13. The first kappa shape index (κ1) is 19.2. The summed E-state index contributed by atoms with van der Waals surface area (Å²) in [6.07, 6.45) is -0.139. The lowest BCUT2D eigenvalue weighted by Crippen LogP contribution is -2.30. The fourth-order valence-electron chi connectivity index (χ4n) is 2.79. The van der Waals surface area contributed by atoms with Gasteiger partial charge in [0.25, 0.3) is 10.0 Å². The van der Waals surface area contributed by atoms with Crippen LogP contribution in [0.25, 0.3) is 0 Å². The average Bonchev–Trinajstić information content (AvgIpc) is 2.93. The van der Waals surface area contributed by atoms with Gasteiger partial charge in [-0.25, -0.2) is 21.1 Å². The average molecular weight is 410 g/mol. The van der Waals surface area contributed by atoms with E-state index in [2.05, 4.69) is 0 Å². The highest BCUT2D eigenvalue weighted by Crippen LogP contribution is 2.34. The Morgan fingerprint density at radius 2 is 1.78 bits per heavy atom. The summed E-state index contributed by atoms with van der Waals surface area (Å²) >= 11 is 0. The van der Waals surface area contributed by atoms with Crippen molar-refractivity contribution in [3.8, 4) is 5.75 Å². The highest BCUT2D eigenvalue weighted by Gasteiger charge is 2.37. The molecule has 2 aromatic rings. The Kier molecular flexibility index (Phi) is 4.87. The van der Waals surface area contributed by atoms with Gasteiger partial charge in [0.1, 0.15) is 10.6 Å². The maximum atomic E-state index is 13.1. The second-order valence-corrected chi connectivity index (χ2v) is 9.74. The number of sulfonamides is 2. The first-order valence-corrected chi connectivity index (χ1v) is 11.0. The van der Waals surface area contributed by atoms with Crippen LogP contribution in [-0.4, -0.2) is 42.7 Å². The summed E-state index contributed by atoms with van der Waals surface area (Å²) in [6.45, 7) is 0. The van der Waals surface area contributed by atoms with Gasteiger partial charge in [-0.2, -0.15) is 0 Å². The molecule has 2 aromatic carbocycles. The van der Waals surface area contributed by atoms with E-state index in [0.717, 1.165) is 10.4 Å². The molecule has 1 heterocycles. The number of anilines is 2. The van der Waals surface area contributed by atoms with Crippen LogP contribution in [0.15, 0.2) is 53.4 Å². The maximum absolute atomic E-state index is 13.1. The molecule has 1 amide bonds. The summed E-state index contributed by atoms with van der Waals surface area (Å²) in [7, 11) is -5.18. The lowest BCUT2D eigenvalue weighted by atomic mass is 10.3. The van der Waals surface area contributed by atoms with Crippen molar-refractivity contribution in [3.63, 3.8) is 0 Å². The van der Waals surface area contributed by atoms with Gasteiger partial charge >= 0.3 is 0 Å². The molecule has 8 nitrogen and oxygen atoms in total. The third-order valence-corrected chi connectivity index (χ3v) is 7.72. The predicted octanol–water partition coefficient (Wildman–Crippen LogP) is 1.59. The normalized spacial score (nSPS) is 16.4. The fraction of sp³-hybridized carbons (Fsp3) is 0.235. The number of methoxy groups -OCH3 is 1. The first-order chi connectivity index (χ1) is 12.7. The van der Waals surface area contributed by atoms with Crippen molar-refractivity contribution in [2.45, 2.75) is 11.3 Å². The van der Waals surface area contributed by atoms with Crippen LogP contribution in [0.5, 0.6) is 5.75 Å². The number of carbonyl (C=O) groups excluding carboxylic acids is 1. The Morgan fingerprint density at radius 1 is 1.11 bits per heavy atom. The van der Waals surface area contributed by atoms with Gasteiger partial charge in [-0.05, 0) is 30.3 Å². The largest absolute Gasteiger partial charge is 0.495 e. The molecule has 0 radical (unpaired) electrons. The quantitative estimate of drug-likeness (QED) is 0.742. The van der Waals surface area contributed by atoms with E-state index >= 15 is 0 Å². The molecule has 144 valence electrons. The standard InChI is InChI=1S/C17H18N2O6S2/c1-18(13-6-4-3-5-7-13)27(23,24)16-12-14(8-9-15(16)25-2)19-17(20)10-11-26(19,21)22/h3-9,12H,10-11H2,1-2H3. The van der Waals surface area contributed by atoms with E-state index in [-0.39, 0.29) is 28.5 Å². The minimum atomic E-state index is -4.07. The van der Waals surface area contributed by atoms with Gasteiger partial charge in [-0.3, -0.25) is 9.10 Å². The monoisotopic (exact) mass is 410 g/mol. The summed E-state index contributed by atoms with van der Waals surface area (Å²) in [4.78, 5) is 11.8. The van der Waals surface area contributed by atoms with E-state index in [9.17, 15) is 21.6 Å². The Hall–Kier alpha value is -2.59. The molecule has 0 saturated carbocycles. The molecular weight excluding hydrogens is 392 g/mol. The molecule has 0 bridgehead atoms. The third kappa shape index (κ3) is 3.37. The highest BCUT2D eigenvalue weighted by atomic mass is 32.2. The number of amides is 1. The van der Waals surface area contributed by atoms with Crippen molar-refractivity contribution in [1.82, 2.24) is 0 Å².